The van der Waals surface area contributed by atoms with Gasteiger partial charge in [0.2, 0.25) is 0 Å². The summed E-state index contributed by atoms with van der Waals surface area (Å²) in [5, 5.41) is 18.2. The maximum absolute atomic E-state index is 13.1. The molecule has 0 spiro atoms. The Morgan fingerprint density at radius 3 is 2.71 bits per heavy atom. The molecule has 1 N–H and O–H groups in total. The summed E-state index contributed by atoms with van der Waals surface area (Å²) >= 11 is 3.01. The molecule has 0 heterocycles. The Morgan fingerprint density at radius 2 is 2.21 bits per heavy atom. The van der Waals surface area contributed by atoms with Crippen LogP contribution in [0.4, 0.5) is 4.39 Å². The maximum Gasteiger partial charge on any atom is 0.137 e. The summed E-state index contributed by atoms with van der Waals surface area (Å²) in [6, 6.07) is 6.24. The van der Waals surface area contributed by atoms with Crippen LogP contribution in [0, 0.1) is 23.1 Å². The molecule has 1 rings (SSSR count). The van der Waals surface area contributed by atoms with Gasteiger partial charge in [0, 0.05) is 0 Å². The second-order valence-electron chi connectivity index (χ2n) is 3.04. The monoisotopic (exact) mass is 257 g/mol. The summed E-state index contributed by atoms with van der Waals surface area (Å²) in [6.07, 6.45) is -0.942. The van der Waals surface area contributed by atoms with Gasteiger partial charge in [-0.15, -0.1) is 0 Å². The largest absolute Gasteiger partial charge is 0.387 e. The van der Waals surface area contributed by atoms with Crippen LogP contribution in [0.1, 0.15) is 18.6 Å². The lowest BCUT2D eigenvalue weighted by Gasteiger charge is -2.12. The number of aliphatic hydroxyl groups excluding tert-OH is 1. The fourth-order valence-electron chi connectivity index (χ4n) is 1.06. The normalized spacial score (nSPS) is 14.5. The number of rotatable bonds is 2. The first kappa shape index (κ1) is 11.2. The van der Waals surface area contributed by atoms with Gasteiger partial charge < -0.3 is 5.11 Å². The van der Waals surface area contributed by atoms with Gasteiger partial charge in [0.15, 0.2) is 0 Å². The van der Waals surface area contributed by atoms with E-state index in [1.807, 2.05) is 6.07 Å². The van der Waals surface area contributed by atoms with Gasteiger partial charge in [0.05, 0.1) is 22.6 Å². The first-order valence-corrected chi connectivity index (χ1v) is 4.88. The van der Waals surface area contributed by atoms with Gasteiger partial charge in [-0.05, 0) is 40.5 Å². The van der Waals surface area contributed by atoms with Crippen LogP contribution in [-0.4, -0.2) is 5.11 Å². The van der Waals surface area contributed by atoms with E-state index in [1.54, 1.807) is 13.0 Å². The Kier molecular flexibility index (Phi) is 3.62. The van der Waals surface area contributed by atoms with Crippen molar-refractivity contribution in [1.82, 2.24) is 0 Å². The summed E-state index contributed by atoms with van der Waals surface area (Å²) in [5.41, 5.74) is 0.416. The van der Waals surface area contributed by atoms with Crippen LogP contribution in [-0.2, 0) is 0 Å². The van der Waals surface area contributed by atoms with Crippen molar-refractivity contribution >= 4 is 15.9 Å². The first-order chi connectivity index (χ1) is 6.56. The lowest BCUT2D eigenvalue weighted by molar-refractivity contribution is 0.142. The number of aliphatic hydroxyl groups is 1. The molecule has 0 saturated heterocycles. The van der Waals surface area contributed by atoms with Crippen LogP contribution in [0.3, 0.4) is 0 Å². The molecule has 0 bridgehead atoms. The van der Waals surface area contributed by atoms with Gasteiger partial charge in [-0.1, -0.05) is 6.07 Å². The van der Waals surface area contributed by atoms with E-state index in [0.29, 0.717) is 10.0 Å². The highest BCUT2D eigenvalue weighted by molar-refractivity contribution is 9.10. The molecule has 0 fully saturated rings. The van der Waals surface area contributed by atoms with Crippen molar-refractivity contribution in [3.63, 3.8) is 0 Å². The SMILES string of the molecule is CC(C#N)C(O)c1ccc(Br)c(F)c1. The molecule has 4 heteroatoms. The van der Waals surface area contributed by atoms with Crippen molar-refractivity contribution in [2.24, 2.45) is 5.92 Å². The van der Waals surface area contributed by atoms with E-state index in [0.717, 1.165) is 0 Å². The molecule has 74 valence electrons. The predicted molar refractivity (Wildman–Crippen MR) is 53.8 cm³/mol. The van der Waals surface area contributed by atoms with Crippen molar-refractivity contribution < 1.29 is 9.50 Å². The van der Waals surface area contributed by atoms with Gasteiger partial charge in [-0.2, -0.15) is 5.26 Å². The highest BCUT2D eigenvalue weighted by atomic mass is 79.9. The quantitative estimate of drug-likeness (QED) is 0.886. The Labute approximate surface area is 90.1 Å². The number of hydrogen-bond acceptors (Lipinski definition) is 2. The molecule has 0 aliphatic rings. The van der Waals surface area contributed by atoms with Gasteiger partial charge in [0.1, 0.15) is 5.82 Å². The van der Waals surface area contributed by atoms with Gasteiger partial charge in [-0.3, -0.25) is 0 Å². The van der Waals surface area contributed by atoms with Crippen molar-refractivity contribution in [2.45, 2.75) is 13.0 Å². The van der Waals surface area contributed by atoms with E-state index in [-0.39, 0.29) is 0 Å². The Balaban J connectivity index is 2.98. The predicted octanol–water partition coefficient (Wildman–Crippen LogP) is 2.78. The number of halogens is 2. The molecular formula is C10H9BrFNO. The minimum atomic E-state index is -0.942. The van der Waals surface area contributed by atoms with Crippen LogP contribution in [0.15, 0.2) is 22.7 Å². The average Bonchev–Trinajstić information content (AvgIpc) is 2.20. The molecule has 1 aromatic carbocycles. The summed E-state index contributed by atoms with van der Waals surface area (Å²) in [5.74, 6) is -0.984. The molecule has 2 nitrogen and oxygen atoms in total. The summed E-state index contributed by atoms with van der Waals surface area (Å²) in [6.45, 7) is 1.59. The molecule has 2 unspecified atom stereocenters. The molecule has 0 saturated carbocycles. The Hall–Kier alpha value is -0.920. The maximum atomic E-state index is 13.1. The van der Waals surface area contributed by atoms with Gasteiger partial charge in [-0.25, -0.2) is 4.39 Å². The fourth-order valence-corrected chi connectivity index (χ4v) is 1.30. The zero-order chi connectivity index (χ0) is 10.7. The van der Waals surface area contributed by atoms with Gasteiger partial charge in [0.25, 0.3) is 0 Å². The van der Waals surface area contributed by atoms with Crippen molar-refractivity contribution in [3.8, 4) is 6.07 Å². The third-order valence-corrected chi connectivity index (χ3v) is 2.61. The molecule has 0 amide bonds. The minimum absolute atomic E-state index is 0.345. The van der Waals surface area contributed by atoms with E-state index in [2.05, 4.69) is 15.9 Å². The number of nitriles is 1. The standard InChI is InChI=1S/C10H9BrFNO/c1-6(5-13)10(14)7-2-3-8(11)9(12)4-7/h2-4,6,10,14H,1H3. The number of nitrogens with zero attached hydrogens (tertiary/aromatic N) is 1. The second-order valence-corrected chi connectivity index (χ2v) is 3.89. The average molecular weight is 258 g/mol. The third-order valence-electron chi connectivity index (χ3n) is 1.96. The summed E-state index contributed by atoms with van der Waals surface area (Å²) in [4.78, 5) is 0. The van der Waals surface area contributed by atoms with Crippen LogP contribution in [0.25, 0.3) is 0 Å². The highest BCUT2D eigenvalue weighted by Crippen LogP contribution is 2.24. The zero-order valence-electron chi connectivity index (χ0n) is 7.54. The molecule has 0 radical (unpaired) electrons. The lowest BCUT2D eigenvalue weighted by atomic mass is 9.99. The number of benzene rings is 1. The van der Waals surface area contributed by atoms with Crippen molar-refractivity contribution in [1.29, 1.82) is 5.26 Å². The zero-order valence-corrected chi connectivity index (χ0v) is 9.12. The van der Waals surface area contributed by atoms with Gasteiger partial charge >= 0.3 is 0 Å². The third kappa shape index (κ3) is 2.31. The van der Waals surface area contributed by atoms with Crippen molar-refractivity contribution in [2.75, 3.05) is 0 Å². The lowest BCUT2D eigenvalue weighted by Crippen LogP contribution is -2.07. The summed E-state index contributed by atoms with van der Waals surface area (Å²) < 4.78 is 13.4. The molecule has 2 atom stereocenters. The van der Waals surface area contributed by atoms with E-state index in [1.165, 1.54) is 12.1 Å². The first-order valence-electron chi connectivity index (χ1n) is 4.09. The molecular weight excluding hydrogens is 249 g/mol. The molecule has 0 aliphatic carbocycles. The smallest absolute Gasteiger partial charge is 0.137 e. The Morgan fingerprint density at radius 1 is 1.57 bits per heavy atom. The molecule has 0 aliphatic heterocycles. The van der Waals surface area contributed by atoms with E-state index in [4.69, 9.17) is 5.26 Å². The van der Waals surface area contributed by atoms with Crippen LogP contribution in [0.5, 0.6) is 0 Å². The summed E-state index contributed by atoms with van der Waals surface area (Å²) in [7, 11) is 0. The molecule has 1 aromatic rings. The van der Waals surface area contributed by atoms with E-state index in [9.17, 15) is 9.50 Å². The van der Waals surface area contributed by atoms with Crippen LogP contribution in [0.2, 0.25) is 0 Å². The Bertz CT molecular complexity index is 375. The van der Waals surface area contributed by atoms with Crippen molar-refractivity contribution in [3.05, 3.63) is 34.1 Å². The second kappa shape index (κ2) is 4.54. The van der Waals surface area contributed by atoms with Crippen LogP contribution < -0.4 is 0 Å². The molecule has 0 aromatic heterocycles. The topological polar surface area (TPSA) is 44.0 Å². The highest BCUT2D eigenvalue weighted by Gasteiger charge is 2.16. The van der Waals surface area contributed by atoms with E-state index < -0.39 is 17.8 Å². The minimum Gasteiger partial charge on any atom is -0.387 e. The van der Waals surface area contributed by atoms with Crippen LogP contribution >= 0.6 is 15.9 Å². The van der Waals surface area contributed by atoms with E-state index >= 15 is 0 Å². The fraction of sp³-hybridized carbons (Fsp3) is 0.300. The number of hydrogen-bond donors (Lipinski definition) is 1. The molecule has 14 heavy (non-hydrogen) atoms.